The number of aliphatic hydroxyl groups excluding tert-OH is 1. The number of aliphatic hydroxyl groups is 1. The van der Waals surface area contributed by atoms with Crippen LogP contribution in [-0.2, 0) is 0 Å². The highest BCUT2D eigenvalue weighted by Crippen LogP contribution is 2.31. The summed E-state index contributed by atoms with van der Waals surface area (Å²) in [5, 5.41) is 16.6. The highest BCUT2D eigenvalue weighted by Gasteiger charge is 2.17. The van der Waals surface area contributed by atoms with Crippen molar-refractivity contribution in [3.05, 3.63) is 59.7 Å². The normalized spacial score (nSPS) is 13.6. The van der Waals surface area contributed by atoms with Gasteiger partial charge in [0, 0.05) is 19.0 Å². The van der Waals surface area contributed by atoms with Crippen LogP contribution in [-0.4, -0.2) is 70.5 Å². The second-order valence-corrected chi connectivity index (χ2v) is 7.48. The molecule has 2 rings (SSSR count). The summed E-state index contributed by atoms with van der Waals surface area (Å²) in [6, 6.07) is 16.1. The summed E-state index contributed by atoms with van der Waals surface area (Å²) >= 11 is 0. The van der Waals surface area contributed by atoms with Crippen molar-refractivity contribution in [3.63, 3.8) is 0 Å². The molecule has 0 saturated carbocycles. The third-order valence-electron chi connectivity index (χ3n) is 5.18. The lowest BCUT2D eigenvalue weighted by Gasteiger charge is -2.27. The Hall–Kier alpha value is -2.77. The van der Waals surface area contributed by atoms with Crippen molar-refractivity contribution in [2.45, 2.75) is 18.9 Å². The predicted octanol–water partition coefficient (Wildman–Crippen LogP) is 2.64. The largest absolute Gasteiger partial charge is 0.493 e. The number of hydrogen-bond donors (Lipinski definition) is 3. The van der Waals surface area contributed by atoms with Gasteiger partial charge in [0.1, 0.15) is 0 Å². The number of nitrogens with one attached hydrogen (secondary N) is 2. The monoisotopic (exact) mass is 428 g/mol. The van der Waals surface area contributed by atoms with Crippen LogP contribution in [0.25, 0.3) is 0 Å². The van der Waals surface area contributed by atoms with Gasteiger partial charge in [-0.25, -0.2) is 0 Å². The number of benzene rings is 2. The Morgan fingerprint density at radius 1 is 1.00 bits per heavy atom. The van der Waals surface area contributed by atoms with E-state index in [0.717, 1.165) is 23.6 Å². The van der Waals surface area contributed by atoms with E-state index in [0.29, 0.717) is 24.6 Å². The van der Waals surface area contributed by atoms with E-state index in [9.17, 15) is 5.11 Å². The van der Waals surface area contributed by atoms with Crippen molar-refractivity contribution in [1.29, 1.82) is 0 Å². The predicted molar refractivity (Wildman–Crippen MR) is 126 cm³/mol. The van der Waals surface area contributed by atoms with Crippen LogP contribution in [0.15, 0.2) is 53.5 Å². The van der Waals surface area contributed by atoms with E-state index >= 15 is 0 Å². The van der Waals surface area contributed by atoms with Crippen LogP contribution in [0, 0.1) is 0 Å². The number of likely N-dealkylation sites (N-methyl/N-ethyl adjacent to an activating group) is 1. The summed E-state index contributed by atoms with van der Waals surface area (Å²) < 4.78 is 10.8. The Bertz CT molecular complexity index is 812. The molecule has 31 heavy (non-hydrogen) atoms. The number of aliphatic imine (C=N–C) groups is 1. The van der Waals surface area contributed by atoms with Crippen LogP contribution in [0.5, 0.6) is 11.5 Å². The molecule has 3 N–H and O–H groups in total. The summed E-state index contributed by atoms with van der Waals surface area (Å²) in [5.74, 6) is 2.11. The summed E-state index contributed by atoms with van der Waals surface area (Å²) in [6.45, 7) is 4.00. The van der Waals surface area contributed by atoms with Gasteiger partial charge in [-0.1, -0.05) is 36.4 Å². The van der Waals surface area contributed by atoms with E-state index in [1.54, 1.807) is 14.2 Å². The molecule has 0 aromatic heterocycles. The number of methoxy groups -OCH3 is 2. The van der Waals surface area contributed by atoms with Crippen LogP contribution < -0.4 is 20.1 Å². The molecule has 170 valence electrons. The van der Waals surface area contributed by atoms with Gasteiger partial charge < -0.3 is 30.1 Å². The minimum Gasteiger partial charge on any atom is -0.493 e. The van der Waals surface area contributed by atoms with Crippen LogP contribution in [0.2, 0.25) is 0 Å². The lowest BCUT2D eigenvalue weighted by Crippen LogP contribution is -2.42. The molecule has 0 amide bonds. The van der Waals surface area contributed by atoms with Gasteiger partial charge in [-0.05, 0) is 44.3 Å². The smallest absolute Gasteiger partial charge is 0.191 e. The maximum absolute atomic E-state index is 9.82. The van der Waals surface area contributed by atoms with Gasteiger partial charge in [0.2, 0.25) is 0 Å². The topological polar surface area (TPSA) is 78.4 Å². The Morgan fingerprint density at radius 2 is 1.71 bits per heavy atom. The molecule has 0 saturated heterocycles. The number of ether oxygens (including phenoxy) is 2. The van der Waals surface area contributed by atoms with Gasteiger partial charge in [-0.3, -0.25) is 4.99 Å². The van der Waals surface area contributed by atoms with Crippen LogP contribution in [0.4, 0.5) is 0 Å². The van der Waals surface area contributed by atoms with E-state index in [2.05, 4.69) is 21.6 Å². The molecule has 2 aromatic rings. The Balaban J connectivity index is 2.12. The van der Waals surface area contributed by atoms with E-state index in [1.807, 2.05) is 63.5 Å². The first-order valence-corrected chi connectivity index (χ1v) is 10.6. The van der Waals surface area contributed by atoms with Crippen LogP contribution in [0.3, 0.4) is 0 Å². The molecular formula is C24H36N4O3. The Labute approximate surface area is 186 Å². The first-order valence-electron chi connectivity index (χ1n) is 10.6. The summed E-state index contributed by atoms with van der Waals surface area (Å²) in [4.78, 5) is 6.87. The second-order valence-electron chi connectivity index (χ2n) is 7.48. The summed E-state index contributed by atoms with van der Waals surface area (Å²) in [6.07, 6.45) is 0. The molecule has 0 fully saturated rings. The van der Waals surface area contributed by atoms with Crippen molar-refractivity contribution in [2.24, 2.45) is 4.99 Å². The molecule has 0 heterocycles. The van der Waals surface area contributed by atoms with E-state index in [1.165, 1.54) is 0 Å². The fourth-order valence-electron chi connectivity index (χ4n) is 3.39. The van der Waals surface area contributed by atoms with E-state index in [4.69, 9.17) is 14.5 Å². The van der Waals surface area contributed by atoms with Crippen molar-refractivity contribution < 1.29 is 14.6 Å². The number of hydrogen-bond acceptors (Lipinski definition) is 5. The van der Waals surface area contributed by atoms with Gasteiger partial charge in [-0.2, -0.15) is 0 Å². The average Bonchev–Trinajstić information content (AvgIpc) is 2.79. The van der Waals surface area contributed by atoms with Gasteiger partial charge in [0.15, 0.2) is 17.5 Å². The first-order chi connectivity index (χ1) is 15.0. The fraction of sp³-hybridized carbons (Fsp3) is 0.458. The first kappa shape index (κ1) is 24.5. The van der Waals surface area contributed by atoms with E-state index in [-0.39, 0.29) is 18.6 Å². The molecule has 0 aliphatic carbocycles. The SMILES string of the molecule is CCNC(=NCC(CO)c1ccccc1)NCC(c1ccc(OC)c(OC)c1)N(C)C. The van der Waals surface area contributed by atoms with Crippen molar-refractivity contribution >= 4 is 5.96 Å². The number of guanidine groups is 1. The number of rotatable bonds is 11. The van der Waals surface area contributed by atoms with Crippen LogP contribution >= 0.6 is 0 Å². The lowest BCUT2D eigenvalue weighted by molar-refractivity contribution is 0.268. The van der Waals surface area contributed by atoms with Crippen molar-refractivity contribution in [2.75, 3.05) is 54.6 Å². The minimum absolute atomic E-state index is 0.0350. The van der Waals surface area contributed by atoms with E-state index < -0.39 is 0 Å². The maximum atomic E-state index is 9.82. The zero-order chi connectivity index (χ0) is 22.6. The highest BCUT2D eigenvalue weighted by atomic mass is 16.5. The third kappa shape index (κ3) is 7.15. The Kier molecular flexibility index (Phi) is 10.1. The summed E-state index contributed by atoms with van der Waals surface area (Å²) in [5.41, 5.74) is 2.20. The molecule has 2 atom stereocenters. The molecule has 2 unspecified atom stereocenters. The zero-order valence-electron chi connectivity index (χ0n) is 19.3. The fourth-order valence-corrected chi connectivity index (χ4v) is 3.39. The third-order valence-corrected chi connectivity index (χ3v) is 5.18. The van der Waals surface area contributed by atoms with Gasteiger partial charge >= 0.3 is 0 Å². The van der Waals surface area contributed by atoms with Crippen molar-refractivity contribution in [1.82, 2.24) is 15.5 Å². The highest BCUT2D eigenvalue weighted by molar-refractivity contribution is 5.79. The lowest BCUT2D eigenvalue weighted by atomic mass is 10.0. The molecule has 2 aromatic carbocycles. The average molecular weight is 429 g/mol. The standard InChI is InChI=1S/C24H36N4O3/c1-6-25-24(26-15-20(17-29)18-10-8-7-9-11-18)27-16-21(28(2)3)19-12-13-22(30-4)23(14-19)31-5/h7-14,20-21,29H,6,15-17H2,1-5H3,(H2,25,26,27). The van der Waals surface area contributed by atoms with Crippen molar-refractivity contribution in [3.8, 4) is 11.5 Å². The summed E-state index contributed by atoms with van der Waals surface area (Å²) in [7, 11) is 7.37. The molecule has 0 bridgehead atoms. The maximum Gasteiger partial charge on any atom is 0.191 e. The molecular weight excluding hydrogens is 392 g/mol. The van der Waals surface area contributed by atoms with Gasteiger partial charge in [0.05, 0.1) is 33.4 Å². The molecule has 0 spiro atoms. The van der Waals surface area contributed by atoms with Gasteiger partial charge in [-0.15, -0.1) is 0 Å². The molecule has 7 nitrogen and oxygen atoms in total. The molecule has 7 heteroatoms. The molecule has 0 aliphatic rings. The Morgan fingerprint density at radius 3 is 2.29 bits per heavy atom. The minimum atomic E-state index is -0.0350. The van der Waals surface area contributed by atoms with Crippen LogP contribution in [0.1, 0.15) is 30.0 Å². The zero-order valence-corrected chi connectivity index (χ0v) is 19.3. The quantitative estimate of drug-likeness (QED) is 0.377. The number of nitrogens with zero attached hydrogens (tertiary/aromatic N) is 2. The molecule has 0 radical (unpaired) electrons. The molecule has 0 aliphatic heterocycles. The van der Waals surface area contributed by atoms with Gasteiger partial charge in [0.25, 0.3) is 0 Å². The second kappa shape index (κ2) is 12.8.